The van der Waals surface area contributed by atoms with Crippen LogP contribution in [0.2, 0.25) is 0 Å². The monoisotopic (exact) mass is 268 g/mol. The summed E-state index contributed by atoms with van der Waals surface area (Å²) in [4.78, 5) is 26.3. The van der Waals surface area contributed by atoms with Gasteiger partial charge in [-0.15, -0.1) is 0 Å². The highest BCUT2D eigenvalue weighted by Gasteiger charge is 2.33. The molecule has 1 N–H and O–H groups in total. The Labute approximate surface area is 116 Å². The second kappa shape index (κ2) is 6.92. The molecule has 2 atom stereocenters. The lowest BCUT2D eigenvalue weighted by atomic mass is 10.0. The molecule has 19 heavy (non-hydrogen) atoms. The minimum atomic E-state index is -0.343. The van der Waals surface area contributed by atoms with Crippen molar-refractivity contribution in [2.24, 2.45) is 11.8 Å². The molecule has 110 valence electrons. The van der Waals surface area contributed by atoms with Crippen LogP contribution in [0.15, 0.2) is 0 Å². The van der Waals surface area contributed by atoms with Crippen LogP contribution in [0.5, 0.6) is 0 Å². The van der Waals surface area contributed by atoms with E-state index in [1.165, 1.54) is 0 Å². The summed E-state index contributed by atoms with van der Waals surface area (Å²) >= 11 is 0. The molecule has 2 amide bonds. The number of amides is 2. The third-order valence-corrected chi connectivity index (χ3v) is 3.58. The van der Waals surface area contributed by atoms with E-state index in [-0.39, 0.29) is 23.9 Å². The first-order chi connectivity index (χ1) is 8.81. The van der Waals surface area contributed by atoms with Gasteiger partial charge in [-0.25, -0.2) is 0 Å². The fourth-order valence-electron chi connectivity index (χ4n) is 2.47. The number of hydrogen-bond donors (Lipinski definition) is 1. The summed E-state index contributed by atoms with van der Waals surface area (Å²) < 4.78 is 0. The summed E-state index contributed by atoms with van der Waals surface area (Å²) in [6.07, 6.45) is 2.12. The predicted molar refractivity (Wildman–Crippen MR) is 76.6 cm³/mol. The molecule has 0 bridgehead atoms. The molecule has 0 aromatic heterocycles. The van der Waals surface area contributed by atoms with Gasteiger partial charge < -0.3 is 10.2 Å². The van der Waals surface area contributed by atoms with Crippen molar-refractivity contribution in [3.63, 3.8) is 0 Å². The Morgan fingerprint density at radius 3 is 2.37 bits per heavy atom. The van der Waals surface area contributed by atoms with Gasteiger partial charge >= 0.3 is 0 Å². The minimum Gasteiger partial charge on any atom is -0.344 e. The van der Waals surface area contributed by atoms with Crippen LogP contribution in [-0.4, -0.2) is 35.3 Å². The Kier molecular flexibility index (Phi) is 5.83. The van der Waals surface area contributed by atoms with Crippen molar-refractivity contribution in [2.45, 2.75) is 66.0 Å². The zero-order chi connectivity index (χ0) is 14.6. The predicted octanol–water partition coefficient (Wildman–Crippen LogP) is 2.18. The number of carbonyl (C=O) groups is 2. The summed E-state index contributed by atoms with van der Waals surface area (Å²) in [7, 11) is 0. The van der Waals surface area contributed by atoms with Crippen LogP contribution in [0.1, 0.15) is 53.9 Å². The van der Waals surface area contributed by atoms with Crippen LogP contribution in [0.3, 0.4) is 0 Å². The molecule has 0 aromatic rings. The Morgan fingerprint density at radius 1 is 1.21 bits per heavy atom. The molecule has 1 fully saturated rings. The molecule has 1 aliphatic heterocycles. The normalized spacial score (nSPS) is 24.9. The van der Waals surface area contributed by atoms with Crippen molar-refractivity contribution in [3.05, 3.63) is 0 Å². The van der Waals surface area contributed by atoms with Crippen LogP contribution >= 0.6 is 0 Å². The molecule has 1 heterocycles. The molecule has 1 aliphatic rings. The first kappa shape index (κ1) is 16.0. The maximum Gasteiger partial charge on any atom is 0.245 e. The van der Waals surface area contributed by atoms with Gasteiger partial charge in [0.25, 0.3) is 0 Å². The van der Waals surface area contributed by atoms with Gasteiger partial charge in [0.15, 0.2) is 0 Å². The molecule has 4 nitrogen and oxygen atoms in total. The lowest BCUT2D eigenvalue weighted by Crippen LogP contribution is -2.47. The minimum absolute atomic E-state index is 0.00135. The molecule has 0 saturated carbocycles. The van der Waals surface area contributed by atoms with Gasteiger partial charge in [0, 0.05) is 19.0 Å². The fourth-order valence-corrected chi connectivity index (χ4v) is 2.47. The quantitative estimate of drug-likeness (QED) is 0.831. The third-order valence-electron chi connectivity index (χ3n) is 3.58. The lowest BCUT2D eigenvalue weighted by molar-refractivity contribution is -0.135. The van der Waals surface area contributed by atoms with Crippen molar-refractivity contribution in [1.29, 1.82) is 0 Å². The van der Waals surface area contributed by atoms with Gasteiger partial charge in [-0.1, -0.05) is 27.7 Å². The number of rotatable bonds is 5. The second-order valence-electron chi connectivity index (χ2n) is 6.52. The van der Waals surface area contributed by atoms with E-state index >= 15 is 0 Å². The van der Waals surface area contributed by atoms with Crippen LogP contribution in [0.25, 0.3) is 0 Å². The fraction of sp³-hybridized carbons (Fsp3) is 0.867. The summed E-state index contributed by atoms with van der Waals surface area (Å²) in [5, 5.41) is 2.88. The smallest absolute Gasteiger partial charge is 0.245 e. The van der Waals surface area contributed by atoms with E-state index < -0.39 is 0 Å². The van der Waals surface area contributed by atoms with Gasteiger partial charge in [-0.3, -0.25) is 9.59 Å². The highest BCUT2D eigenvalue weighted by Crippen LogP contribution is 2.17. The lowest BCUT2D eigenvalue weighted by Gasteiger charge is -2.29. The molecular weight excluding hydrogens is 240 g/mol. The Hall–Kier alpha value is -1.06. The van der Waals surface area contributed by atoms with E-state index in [1.54, 1.807) is 0 Å². The average molecular weight is 268 g/mol. The van der Waals surface area contributed by atoms with Crippen molar-refractivity contribution in [2.75, 3.05) is 6.54 Å². The van der Waals surface area contributed by atoms with Gasteiger partial charge in [0.2, 0.25) is 11.8 Å². The molecule has 0 radical (unpaired) electrons. The maximum absolute atomic E-state index is 12.6. The van der Waals surface area contributed by atoms with Crippen LogP contribution in [-0.2, 0) is 9.59 Å². The second-order valence-corrected chi connectivity index (χ2v) is 6.52. The summed E-state index contributed by atoms with van der Waals surface area (Å²) in [5.41, 5.74) is 0. The topological polar surface area (TPSA) is 49.4 Å². The third kappa shape index (κ3) is 4.84. The van der Waals surface area contributed by atoms with Crippen molar-refractivity contribution < 1.29 is 9.59 Å². The number of nitrogens with one attached hydrogen (secondary N) is 1. The molecule has 0 spiro atoms. The van der Waals surface area contributed by atoms with Gasteiger partial charge in [-0.05, 0) is 31.6 Å². The maximum atomic E-state index is 12.6. The van der Waals surface area contributed by atoms with E-state index in [1.807, 2.05) is 11.8 Å². The largest absolute Gasteiger partial charge is 0.344 e. The van der Waals surface area contributed by atoms with Crippen molar-refractivity contribution in [1.82, 2.24) is 10.2 Å². The first-order valence-electron chi connectivity index (χ1n) is 7.41. The number of carbonyl (C=O) groups excluding carboxylic acids is 2. The van der Waals surface area contributed by atoms with Crippen LogP contribution < -0.4 is 5.32 Å². The summed E-state index contributed by atoms with van der Waals surface area (Å²) in [6.45, 7) is 11.2. The zero-order valence-corrected chi connectivity index (χ0v) is 12.9. The molecule has 4 heteroatoms. The Bertz CT molecular complexity index is 326. The number of nitrogens with zero attached hydrogens (tertiary/aromatic N) is 1. The summed E-state index contributed by atoms with van der Waals surface area (Å²) in [6, 6.07) is -0.340. The standard InChI is InChI=1S/C15H28N2O2/c1-10(2)6-7-17-12(5)9-14(18)16-13(15(17)19)8-11(3)4/h10-13H,6-9H2,1-5H3,(H,16,18). The van der Waals surface area contributed by atoms with Gasteiger partial charge in [0.1, 0.15) is 6.04 Å². The molecule has 0 aliphatic carbocycles. The zero-order valence-electron chi connectivity index (χ0n) is 12.9. The van der Waals surface area contributed by atoms with Gasteiger partial charge in [-0.2, -0.15) is 0 Å². The van der Waals surface area contributed by atoms with Crippen molar-refractivity contribution >= 4 is 11.8 Å². The SMILES string of the molecule is CC(C)CCN1C(=O)C(CC(C)C)NC(=O)CC1C. The molecule has 2 unspecified atom stereocenters. The number of hydrogen-bond acceptors (Lipinski definition) is 2. The van der Waals surface area contributed by atoms with Crippen LogP contribution in [0, 0.1) is 11.8 Å². The molecular formula is C15H28N2O2. The van der Waals surface area contributed by atoms with E-state index in [9.17, 15) is 9.59 Å². The average Bonchev–Trinajstić information content (AvgIpc) is 2.34. The van der Waals surface area contributed by atoms with E-state index in [4.69, 9.17) is 0 Å². The summed E-state index contributed by atoms with van der Waals surface area (Å²) in [5.74, 6) is 1.05. The van der Waals surface area contributed by atoms with E-state index in [0.29, 0.717) is 18.3 Å². The molecule has 1 saturated heterocycles. The molecule has 1 rings (SSSR count). The van der Waals surface area contributed by atoms with Gasteiger partial charge in [0.05, 0.1) is 0 Å². The Balaban J connectivity index is 2.80. The highest BCUT2D eigenvalue weighted by molar-refractivity contribution is 5.90. The van der Waals surface area contributed by atoms with Crippen molar-refractivity contribution in [3.8, 4) is 0 Å². The van der Waals surface area contributed by atoms with Crippen LogP contribution in [0.4, 0.5) is 0 Å². The Morgan fingerprint density at radius 2 is 1.84 bits per heavy atom. The highest BCUT2D eigenvalue weighted by atomic mass is 16.2. The first-order valence-corrected chi connectivity index (χ1v) is 7.41. The van der Waals surface area contributed by atoms with E-state index in [0.717, 1.165) is 19.4 Å². The van der Waals surface area contributed by atoms with E-state index in [2.05, 4.69) is 33.0 Å². The molecule has 0 aromatic carbocycles.